The van der Waals surface area contributed by atoms with E-state index in [1.807, 2.05) is 0 Å². The van der Waals surface area contributed by atoms with Crippen LogP contribution in [0.1, 0.15) is 6.42 Å². The van der Waals surface area contributed by atoms with Crippen LogP contribution in [-0.2, 0) is 22.8 Å². The smallest absolute Gasteiger partial charge is 0.481 e. The van der Waals surface area contributed by atoms with Gasteiger partial charge >= 0.3 is 14.8 Å². The molecule has 0 spiro atoms. The van der Waals surface area contributed by atoms with Gasteiger partial charge in [-0.25, -0.2) is 0 Å². The number of ether oxygens (including phenoxy) is 1. The summed E-state index contributed by atoms with van der Waals surface area (Å²) in [4.78, 5) is 10.2. The van der Waals surface area contributed by atoms with Gasteiger partial charge in [-0.2, -0.15) is 0 Å². The molecule has 0 bridgehead atoms. The fraction of sp³-hybridized carbons (Fsp3) is 0.875. The van der Waals surface area contributed by atoms with E-state index in [-0.39, 0.29) is 13.0 Å². The Morgan fingerprint density at radius 1 is 1.13 bits per heavy atom. The first-order valence-corrected chi connectivity index (χ1v) is 6.48. The zero-order valence-corrected chi connectivity index (χ0v) is 10.3. The molecule has 0 aliphatic rings. The van der Waals surface area contributed by atoms with Gasteiger partial charge in [0, 0.05) is 27.4 Å². The molecule has 0 radical (unpaired) electrons. The highest BCUT2D eigenvalue weighted by Crippen LogP contribution is 2.12. The second kappa shape index (κ2) is 7.77. The van der Waals surface area contributed by atoms with E-state index in [0.29, 0.717) is 12.7 Å². The Morgan fingerprint density at radius 3 is 2.07 bits per heavy atom. The van der Waals surface area contributed by atoms with Crippen LogP contribution < -0.4 is 0 Å². The first-order valence-electron chi connectivity index (χ1n) is 4.55. The van der Waals surface area contributed by atoms with Crippen LogP contribution in [0, 0.1) is 0 Å². The molecule has 0 aromatic carbocycles. The molecule has 0 saturated carbocycles. The minimum atomic E-state index is -2.57. The highest BCUT2D eigenvalue weighted by atomic mass is 28.4. The number of rotatable bonds is 9. The van der Waals surface area contributed by atoms with Crippen LogP contribution in [0.2, 0.25) is 6.04 Å². The van der Waals surface area contributed by atoms with E-state index < -0.39 is 14.8 Å². The van der Waals surface area contributed by atoms with Gasteiger partial charge in [0.05, 0.1) is 19.6 Å². The predicted octanol–water partition coefficient (Wildman–Crippen LogP) is 0.356. The zero-order chi connectivity index (χ0) is 11.7. The number of carbonyl (C=O) groups is 1. The molecular formula is C8H18O6Si. The third-order valence-corrected chi connectivity index (χ3v) is 4.63. The second-order valence-electron chi connectivity index (χ2n) is 2.80. The molecule has 90 valence electrons. The third kappa shape index (κ3) is 5.85. The van der Waals surface area contributed by atoms with Crippen molar-refractivity contribution in [3.63, 3.8) is 0 Å². The molecule has 0 atom stereocenters. The van der Waals surface area contributed by atoms with E-state index in [1.54, 1.807) is 0 Å². The number of aliphatic carboxylic acids is 1. The second-order valence-corrected chi connectivity index (χ2v) is 5.89. The molecule has 0 unspecified atom stereocenters. The van der Waals surface area contributed by atoms with Gasteiger partial charge < -0.3 is 23.1 Å². The Balaban J connectivity index is 3.67. The molecule has 1 N–H and O–H groups in total. The largest absolute Gasteiger partial charge is 0.502 e. The average Bonchev–Trinajstić information content (AvgIpc) is 2.24. The zero-order valence-electron chi connectivity index (χ0n) is 9.32. The van der Waals surface area contributed by atoms with Crippen LogP contribution in [0.4, 0.5) is 0 Å². The molecule has 0 aromatic rings. The summed E-state index contributed by atoms with van der Waals surface area (Å²) in [5.41, 5.74) is 0. The van der Waals surface area contributed by atoms with Gasteiger partial charge in [-0.05, 0) is 0 Å². The van der Waals surface area contributed by atoms with E-state index in [0.717, 1.165) is 0 Å². The van der Waals surface area contributed by atoms with E-state index in [9.17, 15) is 4.79 Å². The molecule has 15 heavy (non-hydrogen) atoms. The molecule has 0 aromatic heterocycles. The Hall–Kier alpha value is -0.473. The van der Waals surface area contributed by atoms with Crippen LogP contribution in [0.15, 0.2) is 0 Å². The molecule has 0 aliphatic heterocycles. The van der Waals surface area contributed by atoms with E-state index in [4.69, 9.17) is 23.1 Å². The summed E-state index contributed by atoms with van der Waals surface area (Å²) in [6, 6.07) is 0.510. The van der Waals surface area contributed by atoms with Crippen molar-refractivity contribution in [3.8, 4) is 0 Å². The van der Waals surface area contributed by atoms with Gasteiger partial charge in [0.1, 0.15) is 0 Å². The van der Waals surface area contributed by atoms with E-state index >= 15 is 0 Å². The Labute approximate surface area is 90.5 Å². The maximum absolute atomic E-state index is 10.2. The summed E-state index contributed by atoms with van der Waals surface area (Å²) in [6.07, 6.45) is 0.00149. The van der Waals surface area contributed by atoms with E-state index in [2.05, 4.69) is 0 Å². The van der Waals surface area contributed by atoms with Gasteiger partial charge in [-0.1, -0.05) is 0 Å². The van der Waals surface area contributed by atoms with Crippen LogP contribution in [0.3, 0.4) is 0 Å². The molecule has 0 aliphatic carbocycles. The standard InChI is InChI=1S/C8H18O6Si/c1-11-15(12-2,13-3)7-6-14-5-4-8(9)10/h4-7H2,1-3H3,(H,9,10). The third-order valence-electron chi connectivity index (χ3n) is 1.95. The Kier molecular flexibility index (Phi) is 7.53. The van der Waals surface area contributed by atoms with Crippen molar-refractivity contribution in [3.05, 3.63) is 0 Å². The van der Waals surface area contributed by atoms with Crippen molar-refractivity contribution in [1.29, 1.82) is 0 Å². The summed E-state index contributed by atoms with van der Waals surface area (Å²) >= 11 is 0. The summed E-state index contributed by atoms with van der Waals surface area (Å²) < 4.78 is 20.6. The average molecular weight is 238 g/mol. The molecule has 0 fully saturated rings. The lowest BCUT2D eigenvalue weighted by Gasteiger charge is -2.23. The molecular weight excluding hydrogens is 220 g/mol. The first-order chi connectivity index (χ1) is 7.10. The minimum Gasteiger partial charge on any atom is -0.481 e. The van der Waals surface area contributed by atoms with Crippen LogP contribution in [-0.4, -0.2) is 54.4 Å². The quantitative estimate of drug-likeness (QED) is 0.461. The fourth-order valence-corrected chi connectivity index (χ4v) is 2.52. The first kappa shape index (κ1) is 14.5. The number of carboxylic acid groups (broad SMARTS) is 1. The summed E-state index contributed by atoms with van der Waals surface area (Å²) in [5, 5.41) is 8.37. The lowest BCUT2D eigenvalue weighted by Crippen LogP contribution is -2.43. The van der Waals surface area contributed by atoms with Crippen molar-refractivity contribution >= 4 is 14.8 Å². The van der Waals surface area contributed by atoms with Gasteiger partial charge in [-0.15, -0.1) is 0 Å². The van der Waals surface area contributed by atoms with Crippen molar-refractivity contribution < 1.29 is 27.9 Å². The van der Waals surface area contributed by atoms with Crippen molar-refractivity contribution in [2.75, 3.05) is 34.5 Å². The van der Waals surface area contributed by atoms with Crippen molar-refractivity contribution in [1.82, 2.24) is 0 Å². The molecule has 0 heterocycles. The van der Waals surface area contributed by atoms with Crippen LogP contribution >= 0.6 is 0 Å². The number of hydrogen-bond acceptors (Lipinski definition) is 5. The fourth-order valence-electron chi connectivity index (χ4n) is 1.01. The Bertz CT molecular complexity index is 174. The molecule has 0 amide bonds. The minimum absolute atomic E-state index is 0.00149. The number of carboxylic acids is 1. The lowest BCUT2D eigenvalue weighted by atomic mass is 10.5. The van der Waals surface area contributed by atoms with Gasteiger partial charge in [-0.3, -0.25) is 4.79 Å². The van der Waals surface area contributed by atoms with Crippen molar-refractivity contribution in [2.45, 2.75) is 12.5 Å². The van der Waals surface area contributed by atoms with Gasteiger partial charge in [0.15, 0.2) is 0 Å². The van der Waals surface area contributed by atoms with Crippen molar-refractivity contribution in [2.24, 2.45) is 0 Å². The lowest BCUT2D eigenvalue weighted by molar-refractivity contribution is -0.138. The summed E-state index contributed by atoms with van der Waals surface area (Å²) in [5.74, 6) is -0.872. The maximum atomic E-state index is 10.2. The monoisotopic (exact) mass is 238 g/mol. The molecule has 0 saturated heterocycles. The summed E-state index contributed by atoms with van der Waals surface area (Å²) in [6.45, 7) is 0.561. The maximum Gasteiger partial charge on any atom is 0.502 e. The van der Waals surface area contributed by atoms with Crippen LogP contribution in [0.5, 0.6) is 0 Å². The normalized spacial score (nSPS) is 11.7. The van der Waals surface area contributed by atoms with Crippen LogP contribution in [0.25, 0.3) is 0 Å². The highest BCUT2D eigenvalue weighted by molar-refractivity contribution is 6.60. The topological polar surface area (TPSA) is 74.2 Å². The van der Waals surface area contributed by atoms with E-state index in [1.165, 1.54) is 21.3 Å². The Morgan fingerprint density at radius 2 is 1.67 bits per heavy atom. The van der Waals surface area contributed by atoms with Gasteiger partial charge in [0.2, 0.25) is 0 Å². The molecule has 0 rings (SSSR count). The molecule has 6 nitrogen and oxygen atoms in total. The predicted molar refractivity (Wildman–Crippen MR) is 54.7 cm³/mol. The molecule has 7 heteroatoms. The van der Waals surface area contributed by atoms with Gasteiger partial charge in [0.25, 0.3) is 0 Å². The SMILES string of the molecule is CO[Si](CCOCCC(=O)O)(OC)OC. The highest BCUT2D eigenvalue weighted by Gasteiger charge is 2.37. The number of hydrogen-bond donors (Lipinski definition) is 1. The summed E-state index contributed by atoms with van der Waals surface area (Å²) in [7, 11) is 2.01.